The SMILES string of the molecule is CCCCNc1nc(N)nc(C)c1I.CCCCNc1nc(N)nc(C)c1Sc1cc(C(C)=O)ccc1OC.CCCCNc1nc(N)nc(C)c1Sc1cc(CO)ccc1OC.CN(C)C(=S)Cl.COc1ccc(C(C)=O)cc1O.COc1ccc(C(C)=O)cc1OC(=S)N(C)C.COc1ccc(C(C)=O)cc1S.COc1ccc(C(C)=O)cc1SC(=O)N(C)C.C[O-].O=S(Cl)Cl.[AlH3].[H-].[H-].[Li+].[Na+].[Na+]. The fourth-order valence-corrected chi connectivity index (χ4v) is 13.5. The number of anilines is 6. The maximum absolute atomic E-state index is 11.7. The van der Waals surface area contributed by atoms with Gasteiger partial charge in [0.05, 0.1) is 94.4 Å². The molecular formula is C90H127AlCl3ILiN15Na2O17S7. The van der Waals surface area contributed by atoms with Crippen LogP contribution in [0.25, 0.3) is 0 Å². The van der Waals surface area contributed by atoms with Crippen LogP contribution in [0, 0.1) is 24.3 Å². The Morgan fingerprint density at radius 1 is 0.496 bits per heavy atom. The number of rotatable bonds is 30. The van der Waals surface area contributed by atoms with Crippen LogP contribution in [0.1, 0.15) is 171 Å². The number of ketones is 5. The van der Waals surface area contributed by atoms with Gasteiger partial charge in [-0.2, -0.15) is 22.1 Å². The number of phenols is 1. The number of aliphatic hydroxyl groups is 1. The summed E-state index contributed by atoms with van der Waals surface area (Å²) in [5, 5.41) is 37.0. The van der Waals surface area contributed by atoms with Crippen LogP contribution < -0.4 is 149 Å². The van der Waals surface area contributed by atoms with E-state index in [4.69, 9.17) is 83.5 Å². The second-order valence-electron chi connectivity index (χ2n) is 27.7. The van der Waals surface area contributed by atoms with Gasteiger partial charge in [0.25, 0.3) is 10.4 Å². The summed E-state index contributed by atoms with van der Waals surface area (Å²) in [6.45, 7) is 22.2. The molecule has 6 aromatic carbocycles. The zero-order valence-electron chi connectivity index (χ0n) is 84.1. The molecule has 3 aromatic heterocycles. The summed E-state index contributed by atoms with van der Waals surface area (Å²) in [7, 11) is 28.0. The van der Waals surface area contributed by atoms with Crippen molar-refractivity contribution in [1.29, 1.82) is 0 Å². The molecular weight excluding hydrogens is 2100 g/mol. The number of nitrogens with zero attached hydrogens (tertiary/aromatic N) is 9. The number of hydrogen-bond acceptors (Lipinski definition) is 35. The molecule has 137 heavy (non-hydrogen) atoms. The number of benzene rings is 6. The number of phenolic OH excluding ortho intramolecular Hbond substituents is 1. The normalized spacial score (nSPS) is 9.58. The first kappa shape index (κ1) is 139. The van der Waals surface area contributed by atoms with Crippen molar-refractivity contribution in [3.8, 4) is 46.0 Å². The van der Waals surface area contributed by atoms with E-state index in [0.29, 0.717) is 93.5 Å². The molecule has 3 heterocycles. The van der Waals surface area contributed by atoms with E-state index in [1.54, 1.807) is 159 Å². The van der Waals surface area contributed by atoms with Gasteiger partial charge in [-0.1, -0.05) is 81.2 Å². The minimum Gasteiger partial charge on any atom is -1.00 e. The number of thioether (sulfide) groups is 1. The Kier molecular flexibility index (Phi) is 78.3. The molecule has 0 spiro atoms. The fourth-order valence-electron chi connectivity index (χ4n) is 9.74. The van der Waals surface area contributed by atoms with Crippen LogP contribution in [-0.4, -0.2) is 232 Å². The Hall–Kier alpha value is -6.44. The molecule has 9 aromatic rings. The molecule has 1 amide bonds. The van der Waals surface area contributed by atoms with Crippen molar-refractivity contribution in [3.63, 3.8) is 0 Å². The van der Waals surface area contributed by atoms with Crippen molar-refractivity contribution >= 4 is 234 Å². The number of methoxy groups -OCH3 is 6. The van der Waals surface area contributed by atoms with Crippen LogP contribution in [0.3, 0.4) is 0 Å². The Bertz CT molecular complexity index is 5170. The van der Waals surface area contributed by atoms with E-state index in [1.165, 1.54) is 89.9 Å². The molecule has 740 valence electrons. The molecule has 11 N–H and O–H groups in total. The molecule has 0 unspecified atom stereocenters. The summed E-state index contributed by atoms with van der Waals surface area (Å²) in [5.41, 5.74) is 23.4. The molecule has 0 saturated heterocycles. The van der Waals surface area contributed by atoms with E-state index in [-0.39, 0.29) is 157 Å². The zero-order valence-corrected chi connectivity index (χ0v) is 96.4. The maximum Gasteiger partial charge on any atom is 1.00 e. The Balaban J connectivity index is -0.000000288. The van der Waals surface area contributed by atoms with Crippen molar-refractivity contribution in [2.24, 2.45) is 0 Å². The number of nitrogen functional groups attached to an aromatic ring is 3. The second-order valence-corrected chi connectivity index (χ2v) is 36.2. The number of aryl methyl sites for hydroxylation is 3. The average molecular weight is 2230 g/mol. The van der Waals surface area contributed by atoms with Crippen LogP contribution in [0.5, 0.6) is 46.0 Å². The zero-order chi connectivity index (χ0) is 101. The van der Waals surface area contributed by atoms with Crippen LogP contribution >= 0.6 is 128 Å². The van der Waals surface area contributed by atoms with E-state index in [1.807, 2.05) is 45.0 Å². The number of aromatic hydroxyl groups is 1. The molecule has 47 heteroatoms. The van der Waals surface area contributed by atoms with Gasteiger partial charge in [0.2, 0.25) is 27.1 Å². The summed E-state index contributed by atoms with van der Waals surface area (Å²) in [6.07, 6.45) is 6.58. The van der Waals surface area contributed by atoms with Crippen LogP contribution in [0.15, 0.2) is 139 Å². The third-order valence-electron chi connectivity index (χ3n) is 16.8. The Morgan fingerprint density at radius 3 is 1.15 bits per heavy atom. The summed E-state index contributed by atoms with van der Waals surface area (Å²) in [4.78, 5) is 103. The topological polar surface area (TPSA) is 449 Å². The minimum atomic E-state index is -1.67. The smallest absolute Gasteiger partial charge is 1.00 e. The number of halogens is 4. The van der Waals surface area contributed by atoms with Crippen LogP contribution in [-0.2, 0) is 15.8 Å². The quantitative estimate of drug-likeness (QED) is 0.00233. The molecule has 0 fully saturated rings. The number of aliphatic hydroxyl groups excluding tert-OH is 1. The number of unbranched alkanes of at least 4 members (excludes halogenated alkanes) is 3. The number of Topliss-reactive ketones (excluding diaryl/α,β-unsaturated/α-hetero) is 5. The number of ether oxygens (including phenoxy) is 7. The number of carbonyl (C=O) groups excluding carboxylic acids is 6. The largest absolute Gasteiger partial charge is 1.00 e. The van der Waals surface area contributed by atoms with E-state index in [0.717, 1.165) is 134 Å². The third kappa shape index (κ3) is 54.6. The number of carbonyl (C=O) groups is 6. The first-order valence-corrected chi connectivity index (χ1v) is 48.3. The molecule has 9 rings (SSSR count). The van der Waals surface area contributed by atoms with Crippen LogP contribution in [0.2, 0.25) is 0 Å². The predicted molar refractivity (Wildman–Crippen MR) is 569 cm³/mol. The Labute approximate surface area is 934 Å². The number of amides is 1. The number of thiocarbonyl (C=S) groups is 2. The van der Waals surface area contributed by atoms with Crippen LogP contribution in [0.4, 0.5) is 40.1 Å². The molecule has 0 bridgehead atoms. The van der Waals surface area contributed by atoms with Crippen molar-refractivity contribution in [2.45, 2.75) is 151 Å². The van der Waals surface area contributed by atoms with Gasteiger partial charge in [0, 0.05) is 116 Å². The predicted octanol–water partition coefficient (Wildman–Crippen LogP) is 9.09. The second kappa shape index (κ2) is 77.2. The summed E-state index contributed by atoms with van der Waals surface area (Å²) >= 11 is 25.2. The number of thiol groups is 1. The number of nitrogens with two attached hydrogens (primary N) is 3. The van der Waals surface area contributed by atoms with Crippen molar-refractivity contribution < 1.29 is 162 Å². The van der Waals surface area contributed by atoms with Gasteiger partial charge in [-0.25, -0.2) is 19.2 Å². The van der Waals surface area contributed by atoms with E-state index in [2.05, 4.69) is 135 Å². The third-order valence-corrected chi connectivity index (χ3v) is 23.1. The van der Waals surface area contributed by atoms with Crippen molar-refractivity contribution in [2.75, 3.05) is 145 Å². The molecule has 0 aliphatic heterocycles. The number of hydrogen-bond donors (Lipinski definition) is 9. The standard InChI is InChI=1S/C18H24N4O2S.C17H24N4O2S.2C12H15NO3S.C9H15IN4.C9H10O3.C9H10O2S.C3H6ClNS.CH3O.Al.Cl2OS.Li.2Na.5H/c1-5-6-9-20-17-16(11(2)21-18(19)22-17)25-15-10-13(12(3)23)7-8-14(15)24-4;1-4-5-8-19-16-15(11(2)20-17(18)21-16)24-14-9-12(10-22)6-7-13(14)23-3;1-8(14)9-5-6-10(16-4)11(7-9)17-12(15)13(2)3;1-8(14)9-5-6-10(15-4)11(7-9)16-12(17)13(2)3;1-3-4-5-12-8-7(10)6(2)13-9(11)14-8;1-6(10)7-3-4-9(12-2)8(11)5-7;1-6(10)7-3-4-8(11-2)9(12)5-7;1-5(2)3(4)6;1-2;;1-4(2)3;;;;;;;;/h7-8,10H,5-6,9H2,1-4H3,(H3,19,20,21,22);6-7,9,22H,4-5,8,10H2,1-3H3,(H3,18,19,20,21);2*5-7H,1-4H3;3-5H2,1-2H3,(H3,11,12,13,14);3-5,11H,1-2H3;3-5,12H,1-2H3;1-2H3;1H3;;;;;;;;;;/q;;;;;;;;-1;;;3*+1;;;;2*-1. The molecule has 0 saturated carbocycles. The first-order chi connectivity index (χ1) is 62.8. The average Bonchev–Trinajstić information content (AvgIpc) is 0.813. The van der Waals surface area contributed by atoms with E-state index >= 15 is 0 Å². The van der Waals surface area contributed by atoms with Gasteiger partial charge in [0.15, 0.2) is 73.7 Å². The van der Waals surface area contributed by atoms with Gasteiger partial charge in [0.1, 0.15) is 40.5 Å². The molecule has 0 aliphatic rings. The number of aromatic nitrogens is 6. The maximum atomic E-state index is 11.7. The van der Waals surface area contributed by atoms with Gasteiger partial charge in [-0.3, -0.25) is 28.8 Å². The molecule has 0 radical (unpaired) electrons. The van der Waals surface area contributed by atoms with E-state index in [9.17, 15) is 39.0 Å². The molecule has 0 atom stereocenters. The first-order valence-electron chi connectivity index (χ1n) is 40.3. The van der Waals surface area contributed by atoms with E-state index < -0.39 is 9.23 Å². The summed E-state index contributed by atoms with van der Waals surface area (Å²) < 4.78 is 47.0. The van der Waals surface area contributed by atoms with Gasteiger partial charge < -0.3 is 99.2 Å². The Morgan fingerprint density at radius 2 is 0.810 bits per heavy atom. The summed E-state index contributed by atoms with van der Waals surface area (Å²) in [5.74, 6) is 7.09. The molecule has 0 aliphatic carbocycles. The monoisotopic (exact) mass is 2230 g/mol. The van der Waals surface area contributed by atoms with Crippen molar-refractivity contribution in [3.05, 3.63) is 163 Å². The van der Waals surface area contributed by atoms with Gasteiger partial charge in [-0.05, 0) is 242 Å². The van der Waals surface area contributed by atoms with Gasteiger partial charge >= 0.3 is 78.0 Å². The van der Waals surface area contributed by atoms with Gasteiger partial charge in [-0.15, -0.1) is 12.6 Å². The van der Waals surface area contributed by atoms with Crippen molar-refractivity contribution in [1.82, 2.24) is 44.6 Å². The summed E-state index contributed by atoms with van der Waals surface area (Å²) in [6, 6.07) is 30.8. The fraction of sp³-hybridized carbons (Fsp3) is 0.378. The minimum absolute atomic E-state index is 0. The molecule has 32 nitrogen and oxygen atoms in total. The number of nitrogens with one attached hydrogen (secondary N) is 3.